The van der Waals surface area contributed by atoms with E-state index in [1.165, 1.54) is 31.9 Å². The molecule has 9 nitrogen and oxygen atoms in total. The van der Waals surface area contributed by atoms with Gasteiger partial charge >= 0.3 is 0 Å². The lowest BCUT2D eigenvalue weighted by Gasteiger charge is -2.26. The number of methoxy groups -OCH3 is 2. The predicted octanol–water partition coefficient (Wildman–Crippen LogP) is 4.67. The maximum atomic E-state index is 13.2. The zero-order chi connectivity index (χ0) is 24.2. The van der Waals surface area contributed by atoms with Gasteiger partial charge in [-0.15, -0.1) is 11.3 Å². The minimum Gasteiger partial charge on any atom is -0.493 e. The van der Waals surface area contributed by atoms with Crippen molar-refractivity contribution in [1.29, 1.82) is 0 Å². The topological polar surface area (TPSA) is 97.8 Å². The van der Waals surface area contributed by atoms with Gasteiger partial charge in [-0.2, -0.15) is 0 Å². The van der Waals surface area contributed by atoms with Crippen LogP contribution in [-0.2, 0) is 4.74 Å². The maximum absolute atomic E-state index is 13.2. The van der Waals surface area contributed by atoms with Gasteiger partial charge in [-0.05, 0) is 0 Å². The highest BCUT2D eigenvalue weighted by Crippen LogP contribution is 2.50. The molecule has 34 heavy (non-hydrogen) atoms. The Hall–Kier alpha value is -2.08. The minimum atomic E-state index is -0.445. The first-order valence-electron chi connectivity index (χ1n) is 10.3. The quantitative estimate of drug-likeness (QED) is 0.421. The van der Waals surface area contributed by atoms with Crippen LogP contribution in [0.4, 0.5) is 11.5 Å². The zero-order valence-corrected chi connectivity index (χ0v) is 21.5. The Labute approximate surface area is 215 Å². The maximum Gasteiger partial charge on any atom is 0.258 e. The molecular weight excluding hydrogens is 525 g/mol. The molecule has 1 fully saturated rings. The van der Waals surface area contributed by atoms with Crippen molar-refractivity contribution in [2.45, 2.75) is 0 Å². The van der Waals surface area contributed by atoms with Crippen molar-refractivity contribution in [2.75, 3.05) is 64.2 Å². The molecule has 2 N–H and O–H groups in total. The normalized spacial score (nSPS) is 14.3. The van der Waals surface area contributed by atoms with Crippen molar-refractivity contribution in [3.63, 3.8) is 0 Å². The van der Waals surface area contributed by atoms with E-state index < -0.39 is 5.91 Å². The summed E-state index contributed by atoms with van der Waals surface area (Å²) in [6.07, 6.45) is 1.43. The summed E-state index contributed by atoms with van der Waals surface area (Å²) >= 11 is 20.4. The van der Waals surface area contributed by atoms with Gasteiger partial charge in [0.15, 0.2) is 11.5 Å². The first-order valence-corrected chi connectivity index (χ1v) is 12.3. The van der Waals surface area contributed by atoms with Crippen LogP contribution in [0, 0.1) is 0 Å². The molecule has 182 valence electrons. The first kappa shape index (κ1) is 25.0. The molecule has 1 aliphatic heterocycles. The molecule has 1 aliphatic rings. The third kappa shape index (κ3) is 4.98. The van der Waals surface area contributed by atoms with Gasteiger partial charge < -0.3 is 24.8 Å². The molecule has 0 atom stereocenters. The number of amides is 1. The number of halogens is 3. The van der Waals surface area contributed by atoms with E-state index in [9.17, 15) is 4.79 Å². The van der Waals surface area contributed by atoms with E-state index in [0.717, 1.165) is 37.5 Å². The number of carbonyl (C=O) groups is 1. The zero-order valence-electron chi connectivity index (χ0n) is 18.4. The van der Waals surface area contributed by atoms with Gasteiger partial charge in [0.1, 0.15) is 27.2 Å². The molecule has 4 rings (SSSR count). The summed E-state index contributed by atoms with van der Waals surface area (Å²) in [4.78, 5) is 24.2. The Balaban J connectivity index is 1.55. The molecule has 0 aliphatic carbocycles. The fourth-order valence-electron chi connectivity index (χ4n) is 3.56. The lowest BCUT2D eigenvalue weighted by atomic mass is 10.2. The molecule has 1 amide bonds. The number of hydrogen-bond acceptors (Lipinski definition) is 9. The van der Waals surface area contributed by atoms with E-state index >= 15 is 0 Å². The van der Waals surface area contributed by atoms with Gasteiger partial charge in [-0.1, -0.05) is 34.8 Å². The van der Waals surface area contributed by atoms with E-state index in [2.05, 4.69) is 25.5 Å². The van der Waals surface area contributed by atoms with Gasteiger partial charge in [0.2, 0.25) is 0 Å². The van der Waals surface area contributed by atoms with Crippen LogP contribution in [0.3, 0.4) is 0 Å². The summed E-state index contributed by atoms with van der Waals surface area (Å²) in [6.45, 7) is 4.90. The van der Waals surface area contributed by atoms with Gasteiger partial charge in [0, 0.05) is 31.6 Å². The smallest absolute Gasteiger partial charge is 0.258 e. The Kier molecular flexibility index (Phi) is 8.18. The van der Waals surface area contributed by atoms with Crippen molar-refractivity contribution in [3.05, 3.63) is 32.3 Å². The van der Waals surface area contributed by atoms with Crippen LogP contribution in [-0.4, -0.2) is 74.4 Å². The number of carbonyl (C=O) groups excluding carboxylic acids is 1. The minimum absolute atomic E-state index is 0.0614. The Morgan fingerprint density at radius 1 is 1.12 bits per heavy atom. The van der Waals surface area contributed by atoms with E-state index in [4.69, 9.17) is 49.0 Å². The molecule has 13 heteroatoms. The second kappa shape index (κ2) is 11.1. The number of fused-ring (bicyclic) bond motifs is 1. The SMILES string of the molecule is COc1c(Cl)c(NC(=O)c2csc3c(NCCN4CCOCC4)ncnc23)c(Cl)c(OC)c1Cl. The molecule has 1 saturated heterocycles. The highest BCUT2D eigenvalue weighted by atomic mass is 35.5. The van der Waals surface area contributed by atoms with E-state index in [1.54, 1.807) is 5.38 Å². The molecule has 2 aromatic heterocycles. The number of morpholine rings is 1. The highest BCUT2D eigenvalue weighted by Gasteiger charge is 2.26. The molecule has 0 bridgehead atoms. The van der Waals surface area contributed by atoms with Crippen LogP contribution < -0.4 is 20.1 Å². The third-order valence-electron chi connectivity index (χ3n) is 5.31. The molecule has 3 aromatic rings. The lowest BCUT2D eigenvalue weighted by Crippen LogP contribution is -2.39. The molecule has 1 aromatic carbocycles. The van der Waals surface area contributed by atoms with Crippen LogP contribution in [0.15, 0.2) is 11.7 Å². The van der Waals surface area contributed by atoms with Crippen LogP contribution in [0.1, 0.15) is 10.4 Å². The fraction of sp³-hybridized carbons (Fsp3) is 0.381. The van der Waals surface area contributed by atoms with Crippen molar-refractivity contribution in [1.82, 2.24) is 14.9 Å². The molecular formula is C21H22Cl3N5O4S. The molecule has 0 spiro atoms. The summed E-state index contributed by atoms with van der Waals surface area (Å²) in [5, 5.41) is 8.04. The van der Waals surface area contributed by atoms with Crippen LogP contribution in [0.25, 0.3) is 10.2 Å². The standard InChI is InChI=1S/C21H22Cl3N5O4S/c1-31-17-12(22)16(13(23)18(32-2)14(17)24)28-21(30)11-9-34-19-15(11)26-10-27-20(19)25-3-4-29-5-7-33-8-6-29/h9-10H,3-8H2,1-2H3,(H,28,30)(H,25,26,27). The number of thiophene rings is 1. The fourth-order valence-corrected chi connectivity index (χ4v) is 5.64. The summed E-state index contributed by atoms with van der Waals surface area (Å²) < 4.78 is 16.7. The number of anilines is 2. The number of hydrogen-bond donors (Lipinski definition) is 2. The Morgan fingerprint density at radius 3 is 2.44 bits per heavy atom. The second-order valence-corrected chi connectivity index (χ2v) is 9.28. The summed E-state index contributed by atoms with van der Waals surface area (Å²) in [5.74, 6) is 0.515. The number of benzene rings is 1. The van der Waals surface area contributed by atoms with Crippen molar-refractivity contribution < 1.29 is 19.0 Å². The average molecular weight is 547 g/mol. The molecule has 0 radical (unpaired) electrons. The monoisotopic (exact) mass is 545 g/mol. The first-order chi connectivity index (χ1) is 16.5. The number of ether oxygens (including phenoxy) is 3. The largest absolute Gasteiger partial charge is 0.493 e. The Bertz CT molecular complexity index is 1170. The van der Waals surface area contributed by atoms with Crippen molar-refractivity contribution >= 4 is 73.8 Å². The van der Waals surface area contributed by atoms with E-state index in [-0.39, 0.29) is 32.3 Å². The van der Waals surface area contributed by atoms with Gasteiger partial charge in [-0.25, -0.2) is 9.97 Å². The summed E-state index contributed by atoms with van der Waals surface area (Å²) in [7, 11) is 2.81. The lowest BCUT2D eigenvalue weighted by molar-refractivity contribution is 0.0398. The number of aromatic nitrogens is 2. The van der Waals surface area contributed by atoms with Gasteiger partial charge in [-0.3, -0.25) is 9.69 Å². The van der Waals surface area contributed by atoms with Crippen LogP contribution in [0.2, 0.25) is 15.1 Å². The van der Waals surface area contributed by atoms with Crippen LogP contribution in [0.5, 0.6) is 11.5 Å². The second-order valence-electron chi connectivity index (χ2n) is 7.27. The van der Waals surface area contributed by atoms with Crippen molar-refractivity contribution in [2.24, 2.45) is 0 Å². The number of nitrogens with zero attached hydrogens (tertiary/aromatic N) is 3. The van der Waals surface area contributed by atoms with E-state index in [1.807, 2.05) is 0 Å². The Morgan fingerprint density at radius 2 is 1.79 bits per heavy atom. The predicted molar refractivity (Wildman–Crippen MR) is 136 cm³/mol. The molecule has 0 saturated carbocycles. The summed E-state index contributed by atoms with van der Waals surface area (Å²) in [6, 6.07) is 0. The average Bonchev–Trinajstić information content (AvgIpc) is 3.28. The van der Waals surface area contributed by atoms with E-state index in [0.29, 0.717) is 23.4 Å². The van der Waals surface area contributed by atoms with Crippen LogP contribution >= 0.6 is 46.1 Å². The van der Waals surface area contributed by atoms with Crippen molar-refractivity contribution in [3.8, 4) is 11.5 Å². The number of nitrogens with one attached hydrogen (secondary N) is 2. The molecule has 3 heterocycles. The number of rotatable bonds is 8. The van der Waals surface area contributed by atoms with Gasteiger partial charge in [0.25, 0.3) is 5.91 Å². The highest BCUT2D eigenvalue weighted by molar-refractivity contribution is 7.18. The van der Waals surface area contributed by atoms with Gasteiger partial charge in [0.05, 0.1) is 48.9 Å². The third-order valence-corrected chi connectivity index (χ3v) is 7.35. The molecule has 0 unspecified atom stereocenters. The summed E-state index contributed by atoms with van der Waals surface area (Å²) in [5.41, 5.74) is 1.01.